The van der Waals surface area contributed by atoms with E-state index in [9.17, 15) is 14.4 Å². The van der Waals surface area contributed by atoms with Crippen molar-refractivity contribution in [1.82, 2.24) is 19.9 Å². The summed E-state index contributed by atoms with van der Waals surface area (Å²) in [5.74, 6) is -0.137. The van der Waals surface area contributed by atoms with Crippen molar-refractivity contribution in [3.63, 3.8) is 0 Å². The van der Waals surface area contributed by atoms with Crippen LogP contribution in [-0.2, 0) is 16.1 Å². The van der Waals surface area contributed by atoms with Crippen molar-refractivity contribution in [2.75, 3.05) is 32.8 Å². The van der Waals surface area contributed by atoms with Crippen molar-refractivity contribution in [3.05, 3.63) is 32.9 Å². The molecule has 10 heteroatoms. The Bertz CT molecular complexity index is 873. The van der Waals surface area contributed by atoms with Gasteiger partial charge in [0, 0.05) is 31.2 Å². The van der Waals surface area contributed by atoms with E-state index < -0.39 is 6.09 Å². The van der Waals surface area contributed by atoms with Gasteiger partial charge in [0.2, 0.25) is 5.91 Å². The molecule has 0 bridgehead atoms. The number of carbonyl (C=O) groups excluding carboxylic acids is 2. The van der Waals surface area contributed by atoms with Gasteiger partial charge in [0.25, 0.3) is 0 Å². The molecule has 1 aromatic carbocycles. The van der Waals surface area contributed by atoms with Crippen molar-refractivity contribution in [2.45, 2.75) is 13.5 Å². The summed E-state index contributed by atoms with van der Waals surface area (Å²) in [6, 6.07) is 5.20. The summed E-state index contributed by atoms with van der Waals surface area (Å²) in [5, 5.41) is 2.24. The van der Waals surface area contributed by atoms with Crippen molar-refractivity contribution in [2.24, 2.45) is 0 Å². The summed E-state index contributed by atoms with van der Waals surface area (Å²) in [6.45, 7) is 3.93. The Morgan fingerprint density at radius 2 is 2.00 bits per heavy atom. The zero-order chi connectivity index (χ0) is 18.7. The second-order valence-corrected chi connectivity index (χ2v) is 7.20. The molecule has 2 amide bonds. The van der Waals surface area contributed by atoms with E-state index in [0.717, 1.165) is 16.0 Å². The molecule has 26 heavy (non-hydrogen) atoms. The van der Waals surface area contributed by atoms with E-state index in [1.54, 1.807) is 35.0 Å². The van der Waals surface area contributed by atoms with Crippen LogP contribution in [0.4, 0.5) is 4.79 Å². The van der Waals surface area contributed by atoms with Gasteiger partial charge in [0.05, 0.1) is 16.8 Å². The minimum absolute atomic E-state index is 0.0233. The van der Waals surface area contributed by atoms with E-state index in [4.69, 9.17) is 16.3 Å². The lowest BCUT2D eigenvalue weighted by molar-refractivity contribution is -0.133. The number of nitrogens with one attached hydrogen (secondary N) is 1. The van der Waals surface area contributed by atoms with E-state index in [-0.39, 0.29) is 17.3 Å². The highest BCUT2D eigenvalue weighted by atomic mass is 35.5. The van der Waals surface area contributed by atoms with Crippen molar-refractivity contribution < 1.29 is 14.3 Å². The summed E-state index contributed by atoms with van der Waals surface area (Å²) in [6.07, 6.45) is -0.500. The highest BCUT2D eigenvalue weighted by Crippen LogP contribution is 2.21. The maximum absolute atomic E-state index is 12.6. The van der Waals surface area contributed by atoms with E-state index >= 15 is 0 Å². The van der Waals surface area contributed by atoms with Gasteiger partial charge in [0.1, 0.15) is 6.54 Å². The van der Waals surface area contributed by atoms with E-state index in [0.29, 0.717) is 43.3 Å². The zero-order valence-corrected chi connectivity index (χ0v) is 15.8. The average Bonchev–Trinajstić information content (AvgIpc) is 2.91. The van der Waals surface area contributed by atoms with Gasteiger partial charge in [-0.05, 0) is 25.1 Å². The number of ether oxygens (including phenoxy) is 1. The quantitative estimate of drug-likeness (QED) is 0.844. The second kappa shape index (κ2) is 8.07. The summed E-state index contributed by atoms with van der Waals surface area (Å²) in [4.78, 5) is 37.7. The molecule has 0 atom stereocenters. The minimum atomic E-state index is -0.500. The summed E-state index contributed by atoms with van der Waals surface area (Å²) in [7, 11) is 0. The van der Waals surface area contributed by atoms with Gasteiger partial charge >= 0.3 is 11.0 Å². The Morgan fingerprint density at radius 1 is 1.27 bits per heavy atom. The monoisotopic (exact) mass is 398 g/mol. The molecule has 140 valence electrons. The van der Waals surface area contributed by atoms with Crippen LogP contribution in [0.5, 0.6) is 0 Å². The maximum Gasteiger partial charge on any atom is 0.421 e. The van der Waals surface area contributed by atoms with E-state index in [1.165, 1.54) is 4.57 Å². The zero-order valence-electron chi connectivity index (χ0n) is 14.2. The molecule has 0 aliphatic carbocycles. The Labute approximate surface area is 158 Å². The molecule has 1 saturated heterocycles. The molecule has 0 unspecified atom stereocenters. The molecule has 0 radical (unpaired) electrons. The summed E-state index contributed by atoms with van der Waals surface area (Å²) < 4.78 is 7.09. The highest BCUT2D eigenvalue weighted by Gasteiger charge is 2.23. The van der Waals surface area contributed by atoms with Crippen LogP contribution < -0.4 is 10.3 Å². The minimum Gasteiger partial charge on any atom is -0.449 e. The van der Waals surface area contributed by atoms with E-state index in [1.807, 2.05) is 0 Å². The first kappa shape index (κ1) is 18.7. The molecule has 1 fully saturated rings. The Kier molecular flexibility index (Phi) is 5.80. The molecular weight excluding hydrogens is 380 g/mol. The third-order valence-electron chi connectivity index (χ3n) is 4.08. The van der Waals surface area contributed by atoms with Crippen LogP contribution in [0.3, 0.4) is 0 Å². The number of carbonyl (C=O) groups is 2. The number of hydrogen-bond donors (Lipinski definition) is 1. The molecule has 0 saturated carbocycles. The fraction of sp³-hybridized carbons (Fsp3) is 0.438. The Hall–Kier alpha value is -2.10. The fourth-order valence-corrected chi connectivity index (χ4v) is 3.82. The predicted octanol–water partition coefficient (Wildman–Crippen LogP) is 1.52. The molecule has 3 rings (SSSR count). The van der Waals surface area contributed by atoms with Gasteiger partial charge in [0.15, 0.2) is 0 Å². The number of thiazole rings is 1. The first-order chi connectivity index (χ1) is 12.5. The smallest absolute Gasteiger partial charge is 0.421 e. The molecule has 1 aliphatic heterocycles. The lowest BCUT2D eigenvalue weighted by Gasteiger charge is -2.34. The van der Waals surface area contributed by atoms with Crippen LogP contribution in [0, 0.1) is 0 Å². The maximum atomic E-state index is 12.6. The number of piperazine rings is 1. The lowest BCUT2D eigenvalue weighted by atomic mass is 10.3. The number of fused-ring (bicyclic) bond motifs is 1. The Morgan fingerprint density at radius 3 is 2.69 bits per heavy atom. The number of hydrazine groups is 1. The Balaban J connectivity index is 1.62. The third-order valence-corrected chi connectivity index (χ3v) is 5.28. The molecular formula is C16H19ClN4O4S. The SMILES string of the molecule is CCOC(=O)NN1CCN(C(=O)Cn2c(=O)sc3ccc(Cl)cc32)CC1. The number of amides is 2. The summed E-state index contributed by atoms with van der Waals surface area (Å²) in [5.41, 5.74) is 3.30. The van der Waals surface area contributed by atoms with Crippen LogP contribution >= 0.6 is 22.9 Å². The largest absolute Gasteiger partial charge is 0.449 e. The molecule has 2 heterocycles. The molecule has 1 aromatic heterocycles. The molecule has 2 aromatic rings. The molecule has 1 aliphatic rings. The normalized spacial score (nSPS) is 15.2. The fourth-order valence-electron chi connectivity index (χ4n) is 2.78. The van der Waals surface area contributed by atoms with Gasteiger partial charge in [-0.25, -0.2) is 9.80 Å². The van der Waals surface area contributed by atoms with Crippen molar-refractivity contribution in [3.8, 4) is 0 Å². The number of hydrogen-bond acceptors (Lipinski definition) is 6. The average molecular weight is 399 g/mol. The third kappa shape index (κ3) is 4.17. The first-order valence-electron chi connectivity index (χ1n) is 8.23. The topological polar surface area (TPSA) is 83.9 Å². The number of benzene rings is 1. The molecule has 0 spiro atoms. The molecule has 8 nitrogen and oxygen atoms in total. The number of aromatic nitrogens is 1. The first-order valence-corrected chi connectivity index (χ1v) is 9.42. The molecule has 1 N–H and O–H groups in total. The van der Waals surface area contributed by atoms with Crippen LogP contribution in [-0.4, -0.2) is 59.3 Å². The van der Waals surface area contributed by atoms with Crippen LogP contribution in [0.25, 0.3) is 10.2 Å². The highest BCUT2D eigenvalue weighted by molar-refractivity contribution is 7.16. The number of rotatable bonds is 4. The van der Waals surface area contributed by atoms with Crippen LogP contribution in [0.2, 0.25) is 5.02 Å². The predicted molar refractivity (Wildman–Crippen MR) is 99.4 cm³/mol. The van der Waals surface area contributed by atoms with Gasteiger partial charge in [-0.1, -0.05) is 22.9 Å². The summed E-state index contributed by atoms with van der Waals surface area (Å²) >= 11 is 7.11. The van der Waals surface area contributed by atoms with Crippen molar-refractivity contribution in [1.29, 1.82) is 0 Å². The number of nitrogens with zero attached hydrogens (tertiary/aromatic N) is 3. The van der Waals surface area contributed by atoms with Gasteiger partial charge in [-0.15, -0.1) is 0 Å². The van der Waals surface area contributed by atoms with Gasteiger partial charge < -0.3 is 9.64 Å². The lowest BCUT2D eigenvalue weighted by Crippen LogP contribution is -2.55. The van der Waals surface area contributed by atoms with Gasteiger partial charge in [-0.3, -0.25) is 19.6 Å². The van der Waals surface area contributed by atoms with Crippen molar-refractivity contribution >= 4 is 45.2 Å². The van der Waals surface area contributed by atoms with Gasteiger partial charge in [-0.2, -0.15) is 0 Å². The number of halogens is 1. The standard InChI is InChI=1S/C16H19ClN4O4S/c1-2-25-15(23)18-20-7-5-19(6-8-20)14(22)10-21-12-9-11(17)3-4-13(12)26-16(21)24/h3-4,9H,2,5-8,10H2,1H3,(H,18,23). The van der Waals surface area contributed by atoms with E-state index in [2.05, 4.69) is 5.43 Å². The van der Waals surface area contributed by atoms with Crippen LogP contribution in [0.1, 0.15) is 6.92 Å². The van der Waals surface area contributed by atoms with Crippen LogP contribution in [0.15, 0.2) is 23.0 Å². The second-order valence-electron chi connectivity index (χ2n) is 5.77.